The number of nitrogens with two attached hydrogens (primary N) is 1. The molecular weight excluding hydrogens is 184 g/mol. The Labute approximate surface area is 89.0 Å². The van der Waals surface area contributed by atoms with Crippen LogP contribution in [0.5, 0.6) is 0 Å². The summed E-state index contributed by atoms with van der Waals surface area (Å²) in [6.07, 6.45) is 11.7. The Morgan fingerprint density at radius 2 is 2.13 bits per heavy atom. The van der Waals surface area contributed by atoms with Gasteiger partial charge in [0.25, 0.3) is 0 Å². The number of allylic oxidation sites excluding steroid dienone is 2. The molecular formula is C13H12N2. The van der Waals surface area contributed by atoms with E-state index in [4.69, 9.17) is 5.73 Å². The van der Waals surface area contributed by atoms with Crippen molar-refractivity contribution in [1.82, 2.24) is 4.90 Å². The Morgan fingerprint density at radius 3 is 3.07 bits per heavy atom. The van der Waals surface area contributed by atoms with Crippen molar-refractivity contribution < 1.29 is 0 Å². The molecule has 2 aliphatic rings. The van der Waals surface area contributed by atoms with Crippen LogP contribution < -0.4 is 5.73 Å². The van der Waals surface area contributed by atoms with Crippen molar-refractivity contribution in [2.75, 3.05) is 5.73 Å². The van der Waals surface area contributed by atoms with E-state index in [0.717, 1.165) is 12.1 Å². The van der Waals surface area contributed by atoms with Gasteiger partial charge in [-0.25, -0.2) is 0 Å². The van der Waals surface area contributed by atoms with Gasteiger partial charge in [-0.2, -0.15) is 0 Å². The number of anilines is 1. The third-order valence-corrected chi connectivity index (χ3v) is 2.76. The van der Waals surface area contributed by atoms with Crippen LogP contribution in [0.2, 0.25) is 0 Å². The lowest BCUT2D eigenvalue weighted by atomic mass is 9.98. The van der Waals surface area contributed by atoms with E-state index in [1.807, 2.05) is 12.1 Å². The highest BCUT2D eigenvalue weighted by atomic mass is 15.1. The summed E-state index contributed by atoms with van der Waals surface area (Å²) < 4.78 is 0. The maximum absolute atomic E-state index is 5.77. The van der Waals surface area contributed by atoms with Crippen LogP contribution in [-0.4, -0.2) is 4.90 Å². The van der Waals surface area contributed by atoms with Crippen molar-refractivity contribution in [2.45, 2.75) is 6.42 Å². The van der Waals surface area contributed by atoms with E-state index < -0.39 is 0 Å². The molecule has 1 aromatic rings. The summed E-state index contributed by atoms with van der Waals surface area (Å²) in [4.78, 5) is 2.14. The third kappa shape index (κ3) is 1.26. The number of rotatable bonds is 0. The molecule has 0 bridgehead atoms. The number of benzene rings is 1. The summed E-state index contributed by atoms with van der Waals surface area (Å²) in [6, 6.07) is 6.06. The highest BCUT2D eigenvalue weighted by Crippen LogP contribution is 2.32. The highest BCUT2D eigenvalue weighted by Gasteiger charge is 2.16. The van der Waals surface area contributed by atoms with Crippen LogP contribution in [0.15, 0.2) is 42.8 Å². The van der Waals surface area contributed by atoms with E-state index in [-0.39, 0.29) is 0 Å². The van der Waals surface area contributed by atoms with E-state index >= 15 is 0 Å². The summed E-state index contributed by atoms with van der Waals surface area (Å²) in [7, 11) is 0. The van der Waals surface area contributed by atoms with Crippen molar-refractivity contribution in [2.24, 2.45) is 0 Å². The zero-order valence-corrected chi connectivity index (χ0v) is 8.35. The van der Waals surface area contributed by atoms with Crippen molar-refractivity contribution in [3.05, 3.63) is 53.9 Å². The fourth-order valence-corrected chi connectivity index (χ4v) is 2.03. The molecule has 2 aliphatic heterocycles. The van der Waals surface area contributed by atoms with Crippen molar-refractivity contribution in [1.29, 1.82) is 0 Å². The topological polar surface area (TPSA) is 29.3 Å². The molecule has 0 amide bonds. The highest BCUT2D eigenvalue weighted by molar-refractivity contribution is 5.80. The summed E-state index contributed by atoms with van der Waals surface area (Å²) in [5.41, 5.74) is 10.3. The minimum atomic E-state index is 0.818. The minimum Gasteiger partial charge on any atom is -0.399 e. The van der Waals surface area contributed by atoms with Crippen LogP contribution in [0.4, 0.5) is 5.69 Å². The Balaban J connectivity index is 2.18. The van der Waals surface area contributed by atoms with Gasteiger partial charge in [-0.3, -0.25) is 0 Å². The number of fused-ring (bicyclic) bond motifs is 3. The molecule has 0 radical (unpaired) electrons. The molecule has 2 heterocycles. The number of nitrogen functional groups attached to an aromatic ring is 1. The second kappa shape index (κ2) is 3.02. The van der Waals surface area contributed by atoms with Gasteiger partial charge in [0.15, 0.2) is 0 Å². The van der Waals surface area contributed by atoms with Gasteiger partial charge in [0.1, 0.15) is 0 Å². The summed E-state index contributed by atoms with van der Waals surface area (Å²) >= 11 is 0. The Bertz CT molecular complexity index is 495. The first-order valence-electron chi connectivity index (χ1n) is 5.08. The fourth-order valence-electron chi connectivity index (χ4n) is 2.03. The van der Waals surface area contributed by atoms with E-state index in [2.05, 4.69) is 41.6 Å². The second-order valence-corrected chi connectivity index (χ2v) is 3.78. The molecule has 0 atom stereocenters. The van der Waals surface area contributed by atoms with Crippen LogP contribution in [0, 0.1) is 0 Å². The predicted octanol–water partition coefficient (Wildman–Crippen LogP) is 2.81. The van der Waals surface area contributed by atoms with Gasteiger partial charge in [0.2, 0.25) is 0 Å². The molecule has 0 aromatic heterocycles. The number of hydrogen-bond acceptors (Lipinski definition) is 2. The van der Waals surface area contributed by atoms with Crippen LogP contribution >= 0.6 is 0 Å². The van der Waals surface area contributed by atoms with Crippen molar-refractivity contribution >= 4 is 17.5 Å². The van der Waals surface area contributed by atoms with Gasteiger partial charge < -0.3 is 10.6 Å². The summed E-state index contributed by atoms with van der Waals surface area (Å²) in [5, 5.41) is 0. The largest absolute Gasteiger partial charge is 0.399 e. The van der Waals surface area contributed by atoms with E-state index in [9.17, 15) is 0 Å². The van der Waals surface area contributed by atoms with Gasteiger partial charge >= 0.3 is 0 Å². The Hall–Kier alpha value is -1.96. The van der Waals surface area contributed by atoms with Crippen molar-refractivity contribution in [3.63, 3.8) is 0 Å². The van der Waals surface area contributed by atoms with Gasteiger partial charge in [0, 0.05) is 29.3 Å². The zero-order valence-electron chi connectivity index (χ0n) is 8.35. The van der Waals surface area contributed by atoms with Crippen LogP contribution in [-0.2, 0) is 0 Å². The molecule has 2 nitrogen and oxygen atoms in total. The summed E-state index contributed by atoms with van der Waals surface area (Å²) in [5.74, 6) is 0. The van der Waals surface area contributed by atoms with Gasteiger partial charge in [-0.1, -0.05) is 18.2 Å². The first-order valence-corrected chi connectivity index (χ1v) is 5.08. The molecule has 3 rings (SSSR count). The zero-order chi connectivity index (χ0) is 10.3. The van der Waals surface area contributed by atoms with Crippen LogP contribution in [0.1, 0.15) is 17.5 Å². The lowest BCUT2D eigenvalue weighted by Gasteiger charge is -2.27. The minimum absolute atomic E-state index is 0.818. The second-order valence-electron chi connectivity index (χ2n) is 3.78. The maximum atomic E-state index is 5.77. The molecule has 0 unspecified atom stereocenters. The van der Waals surface area contributed by atoms with Gasteiger partial charge in [-0.15, -0.1) is 0 Å². The lowest BCUT2D eigenvalue weighted by Crippen LogP contribution is -2.14. The van der Waals surface area contributed by atoms with Gasteiger partial charge in [0.05, 0.1) is 0 Å². The molecule has 1 aromatic carbocycles. The Morgan fingerprint density at radius 1 is 1.20 bits per heavy atom. The first kappa shape index (κ1) is 8.36. The monoisotopic (exact) mass is 196 g/mol. The molecule has 2 N–H and O–H groups in total. The maximum Gasteiger partial charge on any atom is 0.0490 e. The standard InChI is InChI=1S/C13H12N2/c14-11-4-5-12-10(9-11)6-8-15-7-2-1-3-13(12)15/h2-9H,1,14H2. The first-order chi connectivity index (χ1) is 7.34. The quantitative estimate of drug-likeness (QED) is 0.646. The average Bonchev–Trinajstić information content (AvgIpc) is 2.28. The van der Waals surface area contributed by atoms with Crippen LogP contribution in [0.25, 0.3) is 11.8 Å². The molecule has 0 fully saturated rings. The lowest BCUT2D eigenvalue weighted by molar-refractivity contribution is 0.706. The fraction of sp³-hybridized carbons (Fsp3) is 0.0769. The van der Waals surface area contributed by atoms with Crippen LogP contribution in [0.3, 0.4) is 0 Å². The molecule has 0 saturated carbocycles. The summed E-state index contributed by atoms with van der Waals surface area (Å²) in [6.45, 7) is 0. The molecule has 0 aliphatic carbocycles. The predicted molar refractivity (Wildman–Crippen MR) is 63.5 cm³/mol. The van der Waals surface area contributed by atoms with Gasteiger partial charge in [-0.05, 0) is 30.2 Å². The molecule has 2 heteroatoms. The molecule has 74 valence electrons. The average molecular weight is 196 g/mol. The molecule has 0 spiro atoms. The normalized spacial score (nSPS) is 17.1. The molecule has 15 heavy (non-hydrogen) atoms. The van der Waals surface area contributed by atoms with E-state index in [0.29, 0.717) is 0 Å². The smallest absolute Gasteiger partial charge is 0.0490 e. The SMILES string of the molecule is Nc1ccc2c(c1)C=CN1C=CCC=C21. The third-order valence-electron chi connectivity index (χ3n) is 2.76. The van der Waals surface area contributed by atoms with E-state index in [1.54, 1.807) is 0 Å². The van der Waals surface area contributed by atoms with E-state index in [1.165, 1.54) is 16.8 Å². The number of nitrogens with zero attached hydrogens (tertiary/aromatic N) is 1. The molecule has 0 saturated heterocycles. The number of hydrogen-bond donors (Lipinski definition) is 1. The van der Waals surface area contributed by atoms with Crippen molar-refractivity contribution in [3.8, 4) is 0 Å². The Kier molecular flexibility index (Phi) is 1.68.